The topological polar surface area (TPSA) is 59.0 Å². The summed E-state index contributed by atoms with van der Waals surface area (Å²) in [6, 6.07) is 5.58. The maximum absolute atomic E-state index is 11.7. The highest BCUT2D eigenvalue weighted by Gasteiger charge is 2.46. The zero-order chi connectivity index (χ0) is 16.4. The van der Waals surface area contributed by atoms with Crippen LogP contribution in [0.1, 0.15) is 37.7 Å². The molecule has 2 fully saturated rings. The summed E-state index contributed by atoms with van der Waals surface area (Å²) in [6.45, 7) is 2.04. The number of benzene rings is 1. The summed E-state index contributed by atoms with van der Waals surface area (Å²) >= 11 is 0. The SMILES string of the molecule is COc1ccc(C2(C(=O)O)CCC2)cc1OC1CCN(C)CC1. The van der Waals surface area contributed by atoms with Gasteiger partial charge in [0.1, 0.15) is 6.10 Å². The minimum absolute atomic E-state index is 0.164. The molecule has 5 nitrogen and oxygen atoms in total. The van der Waals surface area contributed by atoms with Gasteiger partial charge in [-0.05, 0) is 50.4 Å². The van der Waals surface area contributed by atoms with Crippen LogP contribution in [0.4, 0.5) is 0 Å². The summed E-state index contributed by atoms with van der Waals surface area (Å²) in [4.78, 5) is 14.0. The van der Waals surface area contributed by atoms with Gasteiger partial charge in [-0.1, -0.05) is 12.5 Å². The van der Waals surface area contributed by atoms with Crippen molar-refractivity contribution < 1.29 is 19.4 Å². The van der Waals surface area contributed by atoms with Crippen LogP contribution in [-0.4, -0.2) is 49.3 Å². The van der Waals surface area contributed by atoms with Crippen molar-refractivity contribution in [2.75, 3.05) is 27.2 Å². The van der Waals surface area contributed by atoms with Crippen LogP contribution >= 0.6 is 0 Å². The van der Waals surface area contributed by atoms with Gasteiger partial charge in [-0.25, -0.2) is 0 Å². The molecule has 0 amide bonds. The Morgan fingerprint density at radius 1 is 1.26 bits per heavy atom. The fraction of sp³-hybridized carbons (Fsp3) is 0.611. The van der Waals surface area contributed by atoms with E-state index < -0.39 is 11.4 Å². The van der Waals surface area contributed by atoms with E-state index in [1.807, 2.05) is 18.2 Å². The van der Waals surface area contributed by atoms with E-state index in [1.54, 1.807) is 7.11 Å². The molecule has 1 saturated heterocycles. The lowest BCUT2D eigenvalue weighted by atomic mass is 9.64. The average Bonchev–Trinajstić information content (AvgIpc) is 2.48. The number of hydrogen-bond acceptors (Lipinski definition) is 4. The van der Waals surface area contributed by atoms with Gasteiger partial charge >= 0.3 is 5.97 Å². The molecule has 1 aromatic carbocycles. The molecule has 1 saturated carbocycles. The molecule has 1 aliphatic heterocycles. The van der Waals surface area contributed by atoms with E-state index in [9.17, 15) is 9.90 Å². The van der Waals surface area contributed by atoms with Crippen LogP contribution in [0.2, 0.25) is 0 Å². The summed E-state index contributed by atoms with van der Waals surface area (Å²) in [7, 11) is 3.73. The molecule has 126 valence electrons. The molecule has 0 spiro atoms. The minimum atomic E-state index is -0.739. The van der Waals surface area contributed by atoms with Gasteiger partial charge < -0.3 is 19.5 Å². The van der Waals surface area contributed by atoms with Crippen LogP contribution in [0.25, 0.3) is 0 Å². The van der Waals surface area contributed by atoms with E-state index in [2.05, 4.69) is 11.9 Å². The minimum Gasteiger partial charge on any atom is -0.493 e. The number of likely N-dealkylation sites (tertiary alicyclic amines) is 1. The van der Waals surface area contributed by atoms with Crippen molar-refractivity contribution in [1.29, 1.82) is 0 Å². The largest absolute Gasteiger partial charge is 0.493 e. The van der Waals surface area contributed by atoms with Crippen LogP contribution < -0.4 is 9.47 Å². The van der Waals surface area contributed by atoms with Crippen molar-refractivity contribution >= 4 is 5.97 Å². The number of carbonyl (C=O) groups is 1. The second-order valence-corrected chi connectivity index (χ2v) is 6.73. The first-order chi connectivity index (χ1) is 11.0. The number of methoxy groups -OCH3 is 1. The van der Waals surface area contributed by atoms with E-state index >= 15 is 0 Å². The van der Waals surface area contributed by atoms with Gasteiger partial charge in [0.05, 0.1) is 12.5 Å². The Morgan fingerprint density at radius 3 is 2.48 bits per heavy atom. The number of piperidine rings is 1. The van der Waals surface area contributed by atoms with Crippen LogP contribution in [0.5, 0.6) is 11.5 Å². The van der Waals surface area contributed by atoms with E-state index in [0.717, 1.165) is 37.9 Å². The molecular weight excluding hydrogens is 294 g/mol. The summed E-state index contributed by atoms with van der Waals surface area (Å²) < 4.78 is 11.6. The number of carboxylic acid groups (broad SMARTS) is 1. The summed E-state index contributed by atoms with van der Waals surface area (Å²) in [5, 5.41) is 9.63. The number of nitrogens with zero attached hydrogens (tertiary/aromatic N) is 1. The van der Waals surface area contributed by atoms with Crippen molar-refractivity contribution in [3.8, 4) is 11.5 Å². The second-order valence-electron chi connectivity index (χ2n) is 6.73. The quantitative estimate of drug-likeness (QED) is 0.904. The Kier molecular flexibility index (Phi) is 4.48. The van der Waals surface area contributed by atoms with E-state index in [0.29, 0.717) is 24.3 Å². The normalized spacial score (nSPS) is 21.5. The van der Waals surface area contributed by atoms with Gasteiger partial charge in [0.25, 0.3) is 0 Å². The van der Waals surface area contributed by atoms with Crippen LogP contribution in [0.3, 0.4) is 0 Å². The third kappa shape index (κ3) is 3.02. The fourth-order valence-electron chi connectivity index (χ4n) is 3.51. The first kappa shape index (κ1) is 16.1. The average molecular weight is 319 g/mol. The first-order valence-corrected chi connectivity index (χ1v) is 8.32. The molecule has 0 radical (unpaired) electrons. The Balaban J connectivity index is 1.83. The summed E-state index contributed by atoms with van der Waals surface area (Å²) in [6.07, 6.45) is 4.48. The lowest BCUT2D eigenvalue weighted by Crippen LogP contribution is -2.42. The number of carboxylic acids is 1. The standard InChI is InChI=1S/C18H25NO4/c1-19-10-6-14(7-11-19)23-16-12-13(4-5-15(16)22-2)18(17(20)21)8-3-9-18/h4-5,12,14H,3,6-11H2,1-2H3,(H,20,21). The molecule has 0 bridgehead atoms. The molecule has 0 aromatic heterocycles. The molecule has 0 unspecified atom stereocenters. The molecule has 1 aromatic rings. The number of hydrogen-bond donors (Lipinski definition) is 1. The smallest absolute Gasteiger partial charge is 0.314 e. The van der Waals surface area contributed by atoms with Crippen molar-refractivity contribution in [3.63, 3.8) is 0 Å². The van der Waals surface area contributed by atoms with Crippen molar-refractivity contribution in [1.82, 2.24) is 4.90 Å². The van der Waals surface area contributed by atoms with Crippen LogP contribution in [-0.2, 0) is 10.2 Å². The van der Waals surface area contributed by atoms with Gasteiger partial charge in [0.2, 0.25) is 0 Å². The maximum Gasteiger partial charge on any atom is 0.314 e. The molecule has 2 aliphatic rings. The predicted octanol–water partition coefficient (Wildman–Crippen LogP) is 2.67. The molecule has 3 rings (SSSR count). The van der Waals surface area contributed by atoms with E-state index in [1.165, 1.54) is 0 Å². The highest BCUT2D eigenvalue weighted by atomic mass is 16.5. The Bertz CT molecular complexity index is 574. The molecule has 1 heterocycles. The molecular formula is C18H25NO4. The highest BCUT2D eigenvalue weighted by molar-refractivity contribution is 5.83. The Morgan fingerprint density at radius 2 is 1.96 bits per heavy atom. The molecule has 5 heteroatoms. The summed E-state index contributed by atoms with van der Waals surface area (Å²) in [5.41, 5.74) is 0.0944. The van der Waals surface area contributed by atoms with Crippen molar-refractivity contribution in [2.45, 2.75) is 43.6 Å². The predicted molar refractivity (Wildman–Crippen MR) is 87.3 cm³/mol. The fourth-order valence-corrected chi connectivity index (χ4v) is 3.51. The van der Waals surface area contributed by atoms with E-state index in [-0.39, 0.29) is 6.10 Å². The zero-order valence-corrected chi connectivity index (χ0v) is 13.9. The summed E-state index contributed by atoms with van der Waals surface area (Å²) in [5.74, 6) is 0.610. The van der Waals surface area contributed by atoms with Crippen molar-refractivity contribution in [2.24, 2.45) is 0 Å². The van der Waals surface area contributed by atoms with Crippen LogP contribution in [0.15, 0.2) is 18.2 Å². The Hall–Kier alpha value is -1.75. The van der Waals surface area contributed by atoms with Gasteiger partial charge in [-0.3, -0.25) is 4.79 Å². The monoisotopic (exact) mass is 319 g/mol. The lowest BCUT2D eigenvalue weighted by Gasteiger charge is -2.38. The van der Waals surface area contributed by atoms with Crippen LogP contribution in [0, 0.1) is 0 Å². The lowest BCUT2D eigenvalue weighted by molar-refractivity contribution is -0.147. The number of rotatable bonds is 5. The Labute approximate surface area is 137 Å². The van der Waals surface area contributed by atoms with Gasteiger partial charge in [-0.15, -0.1) is 0 Å². The highest BCUT2D eigenvalue weighted by Crippen LogP contribution is 2.46. The van der Waals surface area contributed by atoms with Gasteiger partial charge in [-0.2, -0.15) is 0 Å². The second kappa shape index (κ2) is 6.40. The third-order valence-corrected chi connectivity index (χ3v) is 5.29. The van der Waals surface area contributed by atoms with Gasteiger partial charge in [0, 0.05) is 13.1 Å². The molecule has 23 heavy (non-hydrogen) atoms. The van der Waals surface area contributed by atoms with E-state index in [4.69, 9.17) is 9.47 Å². The molecule has 1 N–H and O–H groups in total. The van der Waals surface area contributed by atoms with Crippen molar-refractivity contribution in [3.05, 3.63) is 23.8 Å². The molecule has 0 atom stereocenters. The third-order valence-electron chi connectivity index (χ3n) is 5.29. The van der Waals surface area contributed by atoms with Gasteiger partial charge in [0.15, 0.2) is 11.5 Å². The number of ether oxygens (including phenoxy) is 2. The zero-order valence-electron chi connectivity index (χ0n) is 13.9. The number of aliphatic carboxylic acids is 1. The first-order valence-electron chi connectivity index (χ1n) is 8.32. The maximum atomic E-state index is 11.7. The molecule has 1 aliphatic carbocycles.